The Bertz CT molecular complexity index is 457. The van der Waals surface area contributed by atoms with Gasteiger partial charge in [-0.05, 0) is 30.6 Å². The zero-order valence-corrected chi connectivity index (χ0v) is 7.20. The predicted octanol–water partition coefficient (Wildman–Crippen LogP) is 2.11. The van der Waals surface area contributed by atoms with Crippen molar-refractivity contribution >= 4 is 5.91 Å². The first-order chi connectivity index (χ1) is 7.16. The van der Waals surface area contributed by atoms with Crippen molar-refractivity contribution in [2.24, 2.45) is 5.73 Å². The standard InChI is InChI=1S/C9H8F3NO/c1-5-4-6(8(13)14)2-3-7(5)9(10,11)12/h2-4H,1H3,(H2,13,14)/i2D,4D. The highest BCUT2D eigenvalue weighted by Gasteiger charge is 2.32. The van der Waals surface area contributed by atoms with Crippen LogP contribution in [0.5, 0.6) is 0 Å². The van der Waals surface area contributed by atoms with Gasteiger partial charge in [0, 0.05) is 5.56 Å². The first kappa shape index (κ1) is 7.84. The summed E-state index contributed by atoms with van der Waals surface area (Å²) in [6, 6.07) is -0.823. The number of amides is 1. The number of hydrogen-bond donors (Lipinski definition) is 1. The van der Waals surface area contributed by atoms with Crippen LogP contribution in [-0.4, -0.2) is 5.91 Å². The van der Waals surface area contributed by atoms with Crippen LogP contribution in [0, 0.1) is 6.92 Å². The Balaban J connectivity index is 3.58. The van der Waals surface area contributed by atoms with E-state index in [1.165, 1.54) is 0 Å². The van der Waals surface area contributed by atoms with E-state index in [0.29, 0.717) is 6.07 Å². The molecule has 0 saturated heterocycles. The van der Waals surface area contributed by atoms with Crippen LogP contribution in [0.3, 0.4) is 0 Å². The molecule has 0 heterocycles. The van der Waals surface area contributed by atoms with Crippen LogP contribution in [0.2, 0.25) is 0 Å². The summed E-state index contributed by atoms with van der Waals surface area (Å²) in [5.41, 5.74) is 2.89. The van der Waals surface area contributed by atoms with Gasteiger partial charge in [0.05, 0.1) is 8.30 Å². The van der Waals surface area contributed by atoms with E-state index in [2.05, 4.69) is 0 Å². The molecule has 0 fully saturated rings. The van der Waals surface area contributed by atoms with E-state index in [9.17, 15) is 18.0 Å². The van der Waals surface area contributed by atoms with Gasteiger partial charge < -0.3 is 5.73 Å². The van der Waals surface area contributed by atoms with Crippen molar-refractivity contribution in [3.63, 3.8) is 0 Å². The summed E-state index contributed by atoms with van der Waals surface area (Å²) in [7, 11) is 0. The Morgan fingerprint density at radius 1 is 1.57 bits per heavy atom. The van der Waals surface area contributed by atoms with Gasteiger partial charge in [0.15, 0.2) is 0 Å². The number of hydrogen-bond acceptors (Lipinski definition) is 1. The predicted molar refractivity (Wildman–Crippen MR) is 44.7 cm³/mol. The number of primary amides is 1. The Labute approximate surface area is 81.3 Å². The van der Waals surface area contributed by atoms with E-state index in [4.69, 9.17) is 8.48 Å². The molecule has 1 amide bonds. The SMILES string of the molecule is [2H]c1cc(C(F)(F)F)c(C)c([2H])c1C(N)=O. The van der Waals surface area contributed by atoms with Gasteiger partial charge in [-0.1, -0.05) is 0 Å². The normalized spacial score (nSPS) is 13.4. The molecule has 0 aliphatic heterocycles. The highest BCUT2D eigenvalue weighted by atomic mass is 19.4. The topological polar surface area (TPSA) is 43.1 Å². The fourth-order valence-corrected chi connectivity index (χ4v) is 0.971. The van der Waals surface area contributed by atoms with E-state index in [1.54, 1.807) is 0 Å². The lowest BCUT2D eigenvalue weighted by molar-refractivity contribution is -0.138. The zero-order valence-electron chi connectivity index (χ0n) is 9.20. The Kier molecular flexibility index (Phi) is 1.86. The summed E-state index contributed by atoms with van der Waals surface area (Å²) >= 11 is 0. The van der Waals surface area contributed by atoms with Gasteiger partial charge in [-0.25, -0.2) is 0 Å². The van der Waals surface area contributed by atoms with Crippen LogP contribution in [-0.2, 0) is 6.18 Å². The first-order valence-corrected chi connectivity index (χ1v) is 3.64. The third-order valence-corrected chi connectivity index (χ3v) is 1.63. The molecule has 1 aromatic carbocycles. The summed E-state index contributed by atoms with van der Waals surface area (Å²) in [4.78, 5) is 10.9. The number of rotatable bonds is 1. The average molecular weight is 205 g/mol. The smallest absolute Gasteiger partial charge is 0.366 e. The van der Waals surface area contributed by atoms with Gasteiger partial charge in [-0.2, -0.15) is 13.2 Å². The summed E-state index contributed by atoms with van der Waals surface area (Å²) in [6.45, 7) is 1.07. The largest absolute Gasteiger partial charge is 0.416 e. The molecule has 5 heteroatoms. The van der Waals surface area contributed by atoms with Gasteiger partial charge in [0.25, 0.3) is 0 Å². The van der Waals surface area contributed by atoms with E-state index >= 15 is 0 Å². The van der Waals surface area contributed by atoms with Crippen molar-refractivity contribution in [1.29, 1.82) is 0 Å². The van der Waals surface area contributed by atoms with Crippen LogP contribution in [0.1, 0.15) is 24.2 Å². The number of halogens is 3. The minimum absolute atomic E-state index is 0.405. The molecular weight excluding hydrogens is 195 g/mol. The Morgan fingerprint density at radius 2 is 2.14 bits per heavy atom. The van der Waals surface area contributed by atoms with Crippen molar-refractivity contribution < 1.29 is 20.7 Å². The molecule has 0 aliphatic rings. The van der Waals surface area contributed by atoms with Crippen LogP contribution < -0.4 is 5.73 Å². The quantitative estimate of drug-likeness (QED) is 0.749. The number of nitrogens with two attached hydrogens (primary N) is 1. The number of carbonyl (C=O) groups is 1. The molecule has 0 saturated carbocycles. The Morgan fingerprint density at radius 3 is 2.57 bits per heavy atom. The number of carbonyl (C=O) groups excluding carboxylic acids is 1. The molecule has 0 bridgehead atoms. The van der Waals surface area contributed by atoms with Crippen LogP contribution in [0.4, 0.5) is 13.2 Å². The monoisotopic (exact) mass is 205 g/mol. The maximum atomic E-state index is 12.5. The van der Waals surface area contributed by atoms with Crippen molar-refractivity contribution in [2.45, 2.75) is 13.1 Å². The second-order valence-electron chi connectivity index (χ2n) is 2.69. The van der Waals surface area contributed by atoms with E-state index in [1.807, 2.05) is 0 Å². The van der Waals surface area contributed by atoms with E-state index < -0.39 is 40.9 Å². The lowest BCUT2D eigenvalue weighted by atomic mass is 10.0. The summed E-state index contributed by atoms with van der Waals surface area (Å²) in [5.74, 6) is -1.08. The second kappa shape index (κ2) is 3.32. The van der Waals surface area contributed by atoms with Gasteiger partial charge in [-0.3, -0.25) is 4.79 Å². The van der Waals surface area contributed by atoms with Gasteiger partial charge >= 0.3 is 6.18 Å². The fourth-order valence-electron chi connectivity index (χ4n) is 0.971. The molecule has 14 heavy (non-hydrogen) atoms. The van der Waals surface area contributed by atoms with Crippen molar-refractivity contribution in [3.8, 4) is 0 Å². The highest BCUT2D eigenvalue weighted by molar-refractivity contribution is 5.93. The van der Waals surface area contributed by atoms with Gasteiger partial charge in [-0.15, -0.1) is 0 Å². The minimum Gasteiger partial charge on any atom is -0.366 e. The van der Waals surface area contributed by atoms with Crippen LogP contribution in [0.25, 0.3) is 0 Å². The zero-order chi connectivity index (χ0) is 12.7. The maximum absolute atomic E-state index is 12.5. The first-order valence-electron chi connectivity index (χ1n) is 4.64. The summed E-state index contributed by atoms with van der Waals surface area (Å²) in [6.07, 6.45) is -4.65. The molecule has 0 unspecified atom stereocenters. The molecule has 0 aliphatic carbocycles. The number of alkyl halides is 3. The Hall–Kier alpha value is -1.52. The van der Waals surface area contributed by atoms with Gasteiger partial charge in [0.1, 0.15) is 0 Å². The van der Waals surface area contributed by atoms with Crippen molar-refractivity contribution in [1.82, 2.24) is 0 Å². The molecular formula is C9H8F3NO. The molecule has 0 spiro atoms. The summed E-state index contributed by atoms with van der Waals surface area (Å²) in [5, 5.41) is 0. The van der Waals surface area contributed by atoms with Crippen LogP contribution >= 0.6 is 0 Å². The second-order valence-corrected chi connectivity index (χ2v) is 2.69. The van der Waals surface area contributed by atoms with Crippen molar-refractivity contribution in [3.05, 3.63) is 34.8 Å². The molecule has 76 valence electrons. The molecule has 2 N–H and O–H groups in total. The van der Waals surface area contributed by atoms with Crippen molar-refractivity contribution in [2.75, 3.05) is 0 Å². The molecule has 1 rings (SSSR count). The maximum Gasteiger partial charge on any atom is 0.416 e. The van der Waals surface area contributed by atoms with Crippen LogP contribution in [0.15, 0.2) is 18.2 Å². The minimum atomic E-state index is -4.65. The summed E-state index contributed by atoms with van der Waals surface area (Å²) < 4.78 is 52.0. The van der Waals surface area contributed by atoms with E-state index in [0.717, 1.165) is 6.92 Å². The third-order valence-electron chi connectivity index (χ3n) is 1.63. The average Bonchev–Trinajstić information content (AvgIpc) is 2.09. The number of benzene rings is 1. The lowest BCUT2D eigenvalue weighted by Crippen LogP contribution is -2.13. The van der Waals surface area contributed by atoms with Gasteiger partial charge in [0.2, 0.25) is 5.91 Å². The third kappa shape index (κ3) is 2.04. The lowest BCUT2D eigenvalue weighted by Gasteiger charge is -2.10. The van der Waals surface area contributed by atoms with E-state index in [-0.39, 0.29) is 0 Å². The fraction of sp³-hybridized carbons (Fsp3) is 0.222. The molecule has 2 nitrogen and oxygen atoms in total. The molecule has 0 aromatic heterocycles. The highest BCUT2D eigenvalue weighted by Crippen LogP contribution is 2.31. The molecule has 0 radical (unpaired) electrons. The molecule has 0 atom stereocenters. The molecule has 1 aromatic rings.